The van der Waals surface area contributed by atoms with Crippen molar-refractivity contribution in [1.82, 2.24) is 14.8 Å². The first-order valence-corrected chi connectivity index (χ1v) is 9.27. The number of likely N-dealkylation sites (tertiary alicyclic amines) is 2. The second kappa shape index (κ2) is 5.94. The van der Waals surface area contributed by atoms with Gasteiger partial charge < -0.3 is 14.8 Å². The van der Waals surface area contributed by atoms with Gasteiger partial charge in [-0.1, -0.05) is 0 Å². The number of aromatic nitrogens is 1. The van der Waals surface area contributed by atoms with Crippen LogP contribution in [0.1, 0.15) is 54.6 Å². The Kier molecular flexibility index (Phi) is 3.89. The fourth-order valence-electron chi connectivity index (χ4n) is 4.45. The lowest BCUT2D eigenvalue weighted by atomic mass is 9.73. The Bertz CT molecular complexity index is 649. The third-order valence-corrected chi connectivity index (χ3v) is 6.06. The molecule has 0 bridgehead atoms. The summed E-state index contributed by atoms with van der Waals surface area (Å²) in [5, 5.41) is 0. The quantitative estimate of drug-likeness (QED) is 0.926. The van der Waals surface area contributed by atoms with Crippen molar-refractivity contribution in [2.24, 2.45) is 11.3 Å². The number of piperidine rings is 2. The number of carbonyl (C=O) groups excluding carboxylic acids is 2. The molecule has 1 aliphatic carbocycles. The zero-order valence-electron chi connectivity index (χ0n) is 14.5. The summed E-state index contributed by atoms with van der Waals surface area (Å²) in [4.78, 5) is 32.4. The Labute approximate surface area is 143 Å². The highest BCUT2D eigenvalue weighted by molar-refractivity contribution is 5.95. The highest BCUT2D eigenvalue weighted by Gasteiger charge is 2.43. The van der Waals surface area contributed by atoms with E-state index in [1.54, 1.807) is 0 Å². The van der Waals surface area contributed by atoms with Gasteiger partial charge in [0.05, 0.1) is 5.56 Å². The van der Waals surface area contributed by atoms with Gasteiger partial charge in [-0.25, -0.2) is 0 Å². The maximum atomic E-state index is 12.9. The van der Waals surface area contributed by atoms with Crippen LogP contribution < -0.4 is 0 Å². The molecule has 130 valence electrons. The van der Waals surface area contributed by atoms with Gasteiger partial charge in [0.2, 0.25) is 5.91 Å². The summed E-state index contributed by atoms with van der Waals surface area (Å²) in [5.41, 5.74) is 1.84. The molecule has 3 fully saturated rings. The van der Waals surface area contributed by atoms with Crippen molar-refractivity contribution in [3.63, 3.8) is 0 Å². The summed E-state index contributed by atoms with van der Waals surface area (Å²) >= 11 is 0. The van der Waals surface area contributed by atoms with Gasteiger partial charge in [0.1, 0.15) is 0 Å². The number of hydrogen-bond donors (Lipinski definition) is 1. The van der Waals surface area contributed by atoms with E-state index >= 15 is 0 Å². The van der Waals surface area contributed by atoms with Crippen LogP contribution in [-0.2, 0) is 4.79 Å². The van der Waals surface area contributed by atoms with Crippen LogP contribution in [0.2, 0.25) is 0 Å². The van der Waals surface area contributed by atoms with Crippen LogP contribution in [0, 0.1) is 18.3 Å². The molecule has 0 radical (unpaired) electrons. The Morgan fingerprint density at radius 3 is 2.88 bits per heavy atom. The second-order valence-electron chi connectivity index (χ2n) is 8.06. The van der Waals surface area contributed by atoms with Gasteiger partial charge in [-0.3, -0.25) is 9.59 Å². The molecule has 1 atom stereocenters. The molecule has 0 aromatic carbocycles. The van der Waals surface area contributed by atoms with Gasteiger partial charge in [-0.2, -0.15) is 0 Å². The Morgan fingerprint density at radius 2 is 2.17 bits per heavy atom. The fraction of sp³-hybridized carbons (Fsp3) is 0.684. The minimum Gasteiger partial charge on any atom is -0.365 e. The van der Waals surface area contributed by atoms with Crippen LogP contribution in [-0.4, -0.2) is 52.8 Å². The molecule has 2 aliphatic heterocycles. The number of H-pyrrole nitrogens is 1. The Morgan fingerprint density at radius 1 is 1.33 bits per heavy atom. The van der Waals surface area contributed by atoms with E-state index in [1.165, 1.54) is 12.8 Å². The highest BCUT2D eigenvalue weighted by Crippen LogP contribution is 2.41. The van der Waals surface area contributed by atoms with Gasteiger partial charge >= 0.3 is 0 Å². The van der Waals surface area contributed by atoms with E-state index in [9.17, 15) is 9.59 Å². The Hall–Kier alpha value is -1.78. The van der Waals surface area contributed by atoms with Crippen LogP contribution in [0.3, 0.4) is 0 Å². The molecule has 5 nitrogen and oxygen atoms in total. The van der Waals surface area contributed by atoms with Crippen LogP contribution in [0.15, 0.2) is 12.3 Å². The molecule has 0 unspecified atom stereocenters. The van der Waals surface area contributed by atoms with E-state index < -0.39 is 0 Å². The van der Waals surface area contributed by atoms with Crippen LogP contribution in [0.4, 0.5) is 0 Å². The molecule has 1 N–H and O–H groups in total. The van der Waals surface area contributed by atoms with E-state index in [1.807, 2.05) is 24.1 Å². The lowest BCUT2D eigenvalue weighted by Gasteiger charge is -2.48. The number of aromatic amines is 1. The Balaban J connectivity index is 1.48. The molecule has 4 rings (SSSR count). The van der Waals surface area contributed by atoms with Gasteiger partial charge in [0.15, 0.2) is 0 Å². The normalized spacial score (nSPS) is 27.8. The van der Waals surface area contributed by atoms with Crippen molar-refractivity contribution >= 4 is 11.8 Å². The molecular formula is C19H27N3O2. The first-order chi connectivity index (χ1) is 11.6. The predicted molar refractivity (Wildman–Crippen MR) is 91.6 cm³/mol. The monoisotopic (exact) mass is 329 g/mol. The first-order valence-electron chi connectivity index (χ1n) is 9.27. The minimum absolute atomic E-state index is 0.112. The molecule has 3 aliphatic rings. The maximum absolute atomic E-state index is 12.9. The summed E-state index contributed by atoms with van der Waals surface area (Å²) in [5.74, 6) is 1.18. The molecule has 2 saturated heterocycles. The fourth-order valence-corrected chi connectivity index (χ4v) is 4.45. The summed E-state index contributed by atoms with van der Waals surface area (Å²) < 4.78 is 0. The highest BCUT2D eigenvalue weighted by atomic mass is 16.2. The third kappa shape index (κ3) is 2.96. The lowest BCUT2D eigenvalue weighted by Crippen LogP contribution is -2.55. The van der Waals surface area contributed by atoms with Gasteiger partial charge in [-0.05, 0) is 51.0 Å². The van der Waals surface area contributed by atoms with Crippen LogP contribution in [0.5, 0.6) is 0 Å². The van der Waals surface area contributed by atoms with E-state index in [0.29, 0.717) is 12.3 Å². The van der Waals surface area contributed by atoms with Gasteiger partial charge in [-0.15, -0.1) is 0 Å². The summed E-state index contributed by atoms with van der Waals surface area (Å²) in [7, 11) is 0. The topological polar surface area (TPSA) is 56.4 Å². The van der Waals surface area contributed by atoms with Gasteiger partial charge in [0, 0.05) is 49.9 Å². The van der Waals surface area contributed by atoms with Crippen molar-refractivity contribution in [2.75, 3.05) is 26.2 Å². The van der Waals surface area contributed by atoms with Crippen molar-refractivity contribution in [1.29, 1.82) is 0 Å². The van der Waals surface area contributed by atoms with E-state index in [4.69, 9.17) is 0 Å². The minimum atomic E-state index is 0.112. The zero-order valence-corrected chi connectivity index (χ0v) is 14.5. The summed E-state index contributed by atoms with van der Waals surface area (Å²) in [6, 6.07) is 1.88. The zero-order chi connectivity index (χ0) is 16.7. The van der Waals surface area contributed by atoms with Crippen LogP contribution in [0.25, 0.3) is 0 Å². The summed E-state index contributed by atoms with van der Waals surface area (Å²) in [6.45, 7) is 5.36. The largest absolute Gasteiger partial charge is 0.365 e. The molecule has 1 aromatic rings. The molecule has 1 saturated carbocycles. The van der Waals surface area contributed by atoms with Crippen molar-refractivity contribution in [3.8, 4) is 0 Å². The number of amides is 2. The molecule has 5 heteroatoms. The lowest BCUT2D eigenvalue weighted by molar-refractivity contribution is -0.139. The molecular weight excluding hydrogens is 302 g/mol. The second-order valence-corrected chi connectivity index (χ2v) is 8.06. The molecule has 3 heterocycles. The molecule has 1 spiro atoms. The SMILES string of the molecule is Cc1[nH]ccc1C(=O)N1CCC[C@@]2(CCC(=O)N(CC3CC3)C2)C1. The smallest absolute Gasteiger partial charge is 0.255 e. The summed E-state index contributed by atoms with van der Waals surface area (Å²) in [6.07, 6.45) is 8.14. The molecule has 2 amide bonds. The average molecular weight is 329 g/mol. The number of nitrogens with one attached hydrogen (secondary N) is 1. The van der Waals surface area contributed by atoms with Crippen molar-refractivity contribution in [2.45, 2.75) is 45.4 Å². The van der Waals surface area contributed by atoms with Crippen molar-refractivity contribution in [3.05, 3.63) is 23.5 Å². The standard InChI is InChI=1S/C19H27N3O2/c1-14-16(6-9-20-14)18(24)21-10-2-7-19(12-21)8-5-17(23)22(13-19)11-15-3-4-15/h6,9,15,20H,2-5,7-8,10-13H2,1H3/t19-/m1/s1. The van der Waals surface area contributed by atoms with E-state index in [2.05, 4.69) is 9.88 Å². The van der Waals surface area contributed by atoms with E-state index in [-0.39, 0.29) is 11.3 Å². The average Bonchev–Trinajstić information content (AvgIpc) is 3.29. The number of carbonyl (C=O) groups is 2. The third-order valence-electron chi connectivity index (χ3n) is 6.06. The van der Waals surface area contributed by atoms with Crippen LogP contribution >= 0.6 is 0 Å². The maximum Gasteiger partial charge on any atom is 0.255 e. The number of rotatable bonds is 3. The van der Waals surface area contributed by atoms with Gasteiger partial charge in [0.25, 0.3) is 5.91 Å². The van der Waals surface area contributed by atoms with E-state index in [0.717, 1.165) is 62.6 Å². The molecule has 24 heavy (non-hydrogen) atoms. The number of hydrogen-bond acceptors (Lipinski definition) is 2. The molecule has 1 aromatic heterocycles. The number of aryl methyl sites for hydroxylation is 1. The number of nitrogens with zero attached hydrogens (tertiary/aromatic N) is 2. The van der Waals surface area contributed by atoms with Crippen molar-refractivity contribution < 1.29 is 9.59 Å². The first kappa shape index (κ1) is 15.7. The predicted octanol–water partition coefficient (Wildman–Crippen LogP) is 2.58.